The molecule has 0 saturated heterocycles. The molecular formula is C30H35BrN4O8. The van der Waals surface area contributed by atoms with Crippen LogP contribution in [0.15, 0.2) is 53.1 Å². The minimum Gasteiger partial charge on any atom is -0.483 e. The second-order valence-electron chi connectivity index (χ2n) is 10.2. The number of aliphatic hydroxyl groups is 1. The number of amides is 3. The summed E-state index contributed by atoms with van der Waals surface area (Å²) in [6, 6.07) is 8.69. The lowest BCUT2D eigenvalue weighted by atomic mass is 10.0. The van der Waals surface area contributed by atoms with Gasteiger partial charge in [-0.2, -0.15) is 0 Å². The predicted octanol–water partition coefficient (Wildman–Crippen LogP) is 2.03. The van der Waals surface area contributed by atoms with Crippen molar-refractivity contribution in [2.45, 2.75) is 44.8 Å². The highest BCUT2D eigenvalue weighted by Crippen LogP contribution is 2.22. The molecule has 5 N–H and O–H groups in total. The van der Waals surface area contributed by atoms with E-state index in [1.807, 2.05) is 38.1 Å². The van der Waals surface area contributed by atoms with Gasteiger partial charge in [0.2, 0.25) is 11.8 Å². The van der Waals surface area contributed by atoms with Gasteiger partial charge in [-0.25, -0.2) is 4.79 Å². The van der Waals surface area contributed by atoms with E-state index in [4.69, 9.17) is 9.47 Å². The molecule has 1 aromatic heterocycles. The quantitative estimate of drug-likeness (QED) is 0.122. The zero-order chi connectivity index (χ0) is 31.5. The minimum atomic E-state index is -1.39. The van der Waals surface area contributed by atoms with E-state index in [0.29, 0.717) is 10.8 Å². The van der Waals surface area contributed by atoms with Crippen LogP contribution in [-0.4, -0.2) is 78.5 Å². The zero-order valence-electron chi connectivity index (χ0n) is 24.0. The molecule has 0 bridgehead atoms. The molecule has 3 rings (SSSR count). The first-order chi connectivity index (χ1) is 20.6. The number of carbonyl (C=O) groups is 5. The smallest absolute Gasteiger partial charge is 0.328 e. The van der Waals surface area contributed by atoms with Gasteiger partial charge < -0.3 is 35.5 Å². The van der Waals surface area contributed by atoms with Gasteiger partial charge in [0.05, 0.1) is 19.3 Å². The molecule has 0 saturated carbocycles. The number of H-pyrrole nitrogens is 1. The Labute approximate surface area is 257 Å². The number of aldehydes is 1. The lowest BCUT2D eigenvalue weighted by Crippen LogP contribution is -2.57. The van der Waals surface area contributed by atoms with E-state index in [1.54, 1.807) is 12.3 Å². The summed E-state index contributed by atoms with van der Waals surface area (Å²) in [5.41, 5.74) is 1.89. The summed E-state index contributed by atoms with van der Waals surface area (Å²) in [5.74, 6) is -2.68. The Morgan fingerprint density at radius 1 is 1.00 bits per heavy atom. The molecule has 1 heterocycles. The van der Waals surface area contributed by atoms with Crippen molar-refractivity contribution in [3.63, 3.8) is 0 Å². The SMILES string of the molecule is COC(=O)[C@H](Cc1c[nH]c2ccccc12)NC(=O)[C@H](CC(C)C)NC(=O)[C@H](CO)NC(=O)COc1ccc(Br)cc1C=O. The molecule has 0 fully saturated rings. The average Bonchev–Trinajstić information content (AvgIpc) is 3.40. The van der Waals surface area contributed by atoms with E-state index < -0.39 is 55.0 Å². The van der Waals surface area contributed by atoms with E-state index in [9.17, 15) is 29.1 Å². The maximum atomic E-state index is 13.4. The third-order valence-electron chi connectivity index (χ3n) is 6.53. The van der Waals surface area contributed by atoms with E-state index >= 15 is 0 Å². The topological polar surface area (TPSA) is 176 Å². The molecule has 12 nitrogen and oxygen atoms in total. The normalized spacial score (nSPS) is 13.1. The second-order valence-corrected chi connectivity index (χ2v) is 11.1. The molecule has 2 aromatic carbocycles. The number of para-hydroxylation sites is 1. The first-order valence-electron chi connectivity index (χ1n) is 13.6. The van der Waals surface area contributed by atoms with Crippen molar-refractivity contribution < 1.29 is 38.6 Å². The number of rotatable bonds is 15. The van der Waals surface area contributed by atoms with Crippen molar-refractivity contribution in [1.82, 2.24) is 20.9 Å². The van der Waals surface area contributed by atoms with Crippen LogP contribution in [0.4, 0.5) is 0 Å². The Kier molecular flexibility index (Phi) is 12.3. The van der Waals surface area contributed by atoms with Crippen LogP contribution in [0.3, 0.4) is 0 Å². The van der Waals surface area contributed by atoms with Crippen molar-refractivity contribution in [1.29, 1.82) is 0 Å². The van der Waals surface area contributed by atoms with E-state index in [1.165, 1.54) is 19.2 Å². The Morgan fingerprint density at radius 2 is 1.70 bits per heavy atom. The highest BCUT2D eigenvalue weighted by molar-refractivity contribution is 9.10. The molecule has 230 valence electrons. The summed E-state index contributed by atoms with van der Waals surface area (Å²) in [7, 11) is 1.22. The van der Waals surface area contributed by atoms with E-state index in [0.717, 1.165) is 16.5 Å². The number of fused-ring (bicyclic) bond motifs is 1. The third-order valence-corrected chi connectivity index (χ3v) is 7.03. The number of hydrogen-bond acceptors (Lipinski definition) is 8. The lowest BCUT2D eigenvalue weighted by molar-refractivity contribution is -0.145. The summed E-state index contributed by atoms with van der Waals surface area (Å²) < 4.78 is 11.0. The maximum Gasteiger partial charge on any atom is 0.328 e. The summed E-state index contributed by atoms with van der Waals surface area (Å²) in [6.07, 6.45) is 2.69. The molecule has 3 aromatic rings. The van der Waals surface area contributed by atoms with Gasteiger partial charge in [-0.3, -0.25) is 19.2 Å². The van der Waals surface area contributed by atoms with Crippen molar-refractivity contribution in [2.24, 2.45) is 5.92 Å². The van der Waals surface area contributed by atoms with Crippen LogP contribution in [0.2, 0.25) is 0 Å². The molecule has 3 atom stereocenters. The summed E-state index contributed by atoms with van der Waals surface area (Å²) in [6.45, 7) is 2.43. The number of carbonyl (C=O) groups excluding carboxylic acids is 5. The van der Waals surface area contributed by atoms with Crippen molar-refractivity contribution >= 4 is 56.8 Å². The fourth-order valence-corrected chi connectivity index (χ4v) is 4.80. The largest absolute Gasteiger partial charge is 0.483 e. The van der Waals surface area contributed by atoms with Crippen LogP contribution in [0, 0.1) is 5.92 Å². The number of methoxy groups -OCH3 is 1. The maximum absolute atomic E-state index is 13.4. The second kappa shape index (κ2) is 15.8. The van der Waals surface area contributed by atoms with Crippen LogP contribution in [0.25, 0.3) is 10.9 Å². The van der Waals surface area contributed by atoms with Crippen molar-refractivity contribution in [2.75, 3.05) is 20.3 Å². The number of aromatic nitrogens is 1. The Bertz CT molecular complexity index is 1460. The highest BCUT2D eigenvalue weighted by Gasteiger charge is 2.31. The van der Waals surface area contributed by atoms with Crippen LogP contribution in [-0.2, 0) is 30.3 Å². The number of esters is 1. The van der Waals surface area contributed by atoms with Crippen LogP contribution >= 0.6 is 15.9 Å². The molecule has 13 heteroatoms. The van der Waals surface area contributed by atoms with Gasteiger partial charge in [0.1, 0.15) is 23.9 Å². The van der Waals surface area contributed by atoms with Crippen molar-refractivity contribution in [3.8, 4) is 5.75 Å². The Balaban J connectivity index is 1.66. The number of ether oxygens (including phenoxy) is 2. The summed E-state index contributed by atoms with van der Waals surface area (Å²) in [4.78, 5) is 65.9. The van der Waals surface area contributed by atoms with Gasteiger partial charge in [0.15, 0.2) is 12.9 Å². The van der Waals surface area contributed by atoms with Gasteiger partial charge >= 0.3 is 5.97 Å². The fraction of sp³-hybridized carbons (Fsp3) is 0.367. The molecule has 3 amide bonds. The van der Waals surface area contributed by atoms with Gasteiger partial charge in [0.25, 0.3) is 5.91 Å². The Hall–Kier alpha value is -4.23. The number of nitrogens with one attached hydrogen (secondary N) is 4. The summed E-state index contributed by atoms with van der Waals surface area (Å²) in [5, 5.41) is 18.3. The van der Waals surface area contributed by atoms with E-state index in [2.05, 4.69) is 36.9 Å². The van der Waals surface area contributed by atoms with Gasteiger partial charge in [-0.05, 0) is 42.2 Å². The Morgan fingerprint density at radius 3 is 2.37 bits per heavy atom. The number of aliphatic hydroxyl groups excluding tert-OH is 1. The highest BCUT2D eigenvalue weighted by atomic mass is 79.9. The van der Waals surface area contributed by atoms with Crippen LogP contribution < -0.4 is 20.7 Å². The van der Waals surface area contributed by atoms with Crippen molar-refractivity contribution in [3.05, 3.63) is 64.3 Å². The molecule has 0 unspecified atom stereocenters. The molecule has 0 aliphatic rings. The zero-order valence-corrected chi connectivity index (χ0v) is 25.6. The number of halogens is 1. The predicted molar refractivity (Wildman–Crippen MR) is 161 cm³/mol. The molecular weight excluding hydrogens is 624 g/mol. The molecule has 43 heavy (non-hydrogen) atoms. The van der Waals surface area contributed by atoms with Crippen LogP contribution in [0.5, 0.6) is 5.75 Å². The fourth-order valence-electron chi connectivity index (χ4n) is 4.42. The number of aromatic amines is 1. The van der Waals surface area contributed by atoms with Gasteiger partial charge in [-0.15, -0.1) is 0 Å². The molecule has 0 radical (unpaired) electrons. The number of hydrogen-bond donors (Lipinski definition) is 5. The van der Waals surface area contributed by atoms with Crippen LogP contribution in [0.1, 0.15) is 36.2 Å². The lowest BCUT2D eigenvalue weighted by Gasteiger charge is -2.25. The molecule has 0 spiro atoms. The summed E-state index contributed by atoms with van der Waals surface area (Å²) >= 11 is 3.25. The van der Waals surface area contributed by atoms with E-state index in [-0.39, 0.29) is 30.1 Å². The third kappa shape index (κ3) is 9.38. The molecule has 0 aliphatic carbocycles. The first kappa shape index (κ1) is 33.3. The van der Waals surface area contributed by atoms with Gasteiger partial charge in [-0.1, -0.05) is 48.0 Å². The van der Waals surface area contributed by atoms with Gasteiger partial charge in [0, 0.05) is 28.0 Å². The average molecular weight is 660 g/mol. The molecule has 0 aliphatic heterocycles. The standard InChI is InChI=1S/C30H35BrN4O8/c1-17(2)10-23(28(39)35-24(30(41)42-3)12-18-13-32-22-7-5-4-6-21(18)22)34-29(40)25(15-37)33-27(38)16-43-26-9-8-20(31)11-19(26)14-36/h4-9,11,13-14,17,23-25,32,37H,10,12,15-16H2,1-3H3,(H,33,38)(H,34,40)(H,35,39)/t23-,24-,25-/m0/s1. The monoisotopic (exact) mass is 658 g/mol. The first-order valence-corrected chi connectivity index (χ1v) is 14.4. The number of benzene rings is 2. The minimum absolute atomic E-state index is 0.0327.